The van der Waals surface area contributed by atoms with E-state index < -0.39 is 0 Å². The van der Waals surface area contributed by atoms with Gasteiger partial charge in [-0.25, -0.2) is 4.98 Å². The van der Waals surface area contributed by atoms with Crippen LogP contribution in [-0.4, -0.2) is 34.9 Å². The van der Waals surface area contributed by atoms with Crippen LogP contribution in [0.4, 0.5) is 0 Å². The molecule has 1 N–H and O–H groups in total. The largest absolute Gasteiger partial charge is 0.497 e. The van der Waals surface area contributed by atoms with Gasteiger partial charge in [0.1, 0.15) is 23.9 Å². The fourth-order valence-electron chi connectivity index (χ4n) is 3.40. The van der Waals surface area contributed by atoms with Gasteiger partial charge < -0.3 is 14.5 Å². The van der Waals surface area contributed by atoms with Gasteiger partial charge in [-0.05, 0) is 63.6 Å². The number of amides is 1. The number of furan rings is 1. The van der Waals surface area contributed by atoms with Crippen LogP contribution in [0.3, 0.4) is 0 Å². The number of carbonyl (C=O) groups excluding carboxylic acids is 2. The Hall–Kier alpha value is -3.94. The van der Waals surface area contributed by atoms with Crippen molar-refractivity contribution in [3.8, 4) is 17.1 Å². The zero-order valence-corrected chi connectivity index (χ0v) is 19.3. The molecule has 172 valence electrons. The number of aromatic nitrogens is 2. The molecule has 33 heavy (non-hydrogen) atoms. The predicted molar refractivity (Wildman–Crippen MR) is 126 cm³/mol. The number of nitrogens with one attached hydrogen (secondary N) is 1. The number of carbonyl (C=O) groups is 2. The highest BCUT2D eigenvalue weighted by Gasteiger charge is 2.18. The van der Waals surface area contributed by atoms with Gasteiger partial charge in [-0.2, -0.15) is 0 Å². The molecular formula is C25H27N3O5. The van der Waals surface area contributed by atoms with E-state index in [-0.39, 0.29) is 29.8 Å². The minimum atomic E-state index is -0.360. The van der Waals surface area contributed by atoms with Crippen LogP contribution in [0.25, 0.3) is 23.0 Å². The maximum Gasteiger partial charge on any atom is 0.261 e. The molecule has 8 nitrogen and oxygen atoms in total. The first-order valence-corrected chi connectivity index (χ1v) is 10.5. The molecule has 2 aromatic heterocycles. The fourth-order valence-corrected chi connectivity index (χ4v) is 3.40. The molecule has 0 saturated heterocycles. The zero-order chi connectivity index (χ0) is 24.1. The van der Waals surface area contributed by atoms with Crippen molar-refractivity contribution < 1.29 is 18.7 Å². The Bertz CT molecular complexity index is 1270. The number of hydrogen-bond donors (Lipinski definition) is 1. The quantitative estimate of drug-likeness (QED) is 0.526. The number of rotatable bonds is 8. The Morgan fingerprint density at radius 2 is 2.03 bits per heavy atom. The first-order valence-electron chi connectivity index (χ1n) is 10.5. The first-order chi connectivity index (χ1) is 15.7. The summed E-state index contributed by atoms with van der Waals surface area (Å²) < 4.78 is 12.1. The van der Waals surface area contributed by atoms with E-state index in [2.05, 4.69) is 10.3 Å². The summed E-state index contributed by atoms with van der Waals surface area (Å²) in [5, 5.41) is 2.81. The lowest BCUT2D eigenvalue weighted by molar-refractivity contribution is -0.122. The Morgan fingerprint density at radius 3 is 2.67 bits per heavy atom. The van der Waals surface area contributed by atoms with Crippen molar-refractivity contribution in [2.24, 2.45) is 0 Å². The minimum absolute atomic E-state index is 0.0699. The summed E-state index contributed by atoms with van der Waals surface area (Å²) in [5.41, 5.74) is 1.78. The molecule has 0 atom stereocenters. The number of methoxy groups -OCH3 is 1. The number of ether oxygens (including phenoxy) is 1. The summed E-state index contributed by atoms with van der Waals surface area (Å²) in [5.74, 6) is 1.35. The number of aryl methyl sites for hydroxylation is 1. The molecule has 0 aliphatic heterocycles. The molecular weight excluding hydrogens is 422 g/mol. The molecule has 0 radical (unpaired) electrons. The highest BCUT2D eigenvalue weighted by Crippen LogP contribution is 2.24. The second kappa shape index (κ2) is 10.1. The maximum absolute atomic E-state index is 13.6. The number of hydrogen-bond acceptors (Lipinski definition) is 6. The van der Waals surface area contributed by atoms with E-state index >= 15 is 0 Å². The topological polar surface area (TPSA) is 103 Å². The maximum atomic E-state index is 13.6. The van der Waals surface area contributed by atoms with Gasteiger partial charge in [0.2, 0.25) is 5.91 Å². The molecule has 0 bridgehead atoms. The van der Waals surface area contributed by atoms with Crippen LogP contribution in [0, 0.1) is 6.92 Å². The second-order valence-corrected chi connectivity index (χ2v) is 7.93. The monoisotopic (exact) mass is 449 g/mol. The lowest BCUT2D eigenvalue weighted by Crippen LogP contribution is -2.37. The van der Waals surface area contributed by atoms with E-state index in [9.17, 15) is 14.4 Å². The normalized spacial score (nSPS) is 11.5. The number of nitrogens with zero attached hydrogens (tertiary/aromatic N) is 2. The Balaban J connectivity index is 2.17. The van der Waals surface area contributed by atoms with E-state index in [0.717, 1.165) is 0 Å². The molecule has 8 heteroatoms. The molecule has 3 rings (SSSR count). The first kappa shape index (κ1) is 23.7. The third kappa shape index (κ3) is 5.46. The van der Waals surface area contributed by atoms with Crippen LogP contribution < -0.4 is 15.6 Å². The van der Waals surface area contributed by atoms with Gasteiger partial charge in [0, 0.05) is 11.6 Å². The molecule has 1 aromatic carbocycles. The highest BCUT2D eigenvalue weighted by molar-refractivity contribution is 5.81. The minimum Gasteiger partial charge on any atom is -0.497 e. The van der Waals surface area contributed by atoms with E-state index in [0.29, 0.717) is 46.0 Å². The van der Waals surface area contributed by atoms with Gasteiger partial charge in [0.25, 0.3) is 5.56 Å². The lowest BCUT2D eigenvalue weighted by atomic mass is 10.1. The smallest absolute Gasteiger partial charge is 0.261 e. The average Bonchev–Trinajstić information content (AvgIpc) is 3.27. The van der Waals surface area contributed by atoms with Gasteiger partial charge in [-0.15, -0.1) is 0 Å². The van der Waals surface area contributed by atoms with Gasteiger partial charge in [0.15, 0.2) is 12.0 Å². The van der Waals surface area contributed by atoms with Crippen molar-refractivity contribution in [1.29, 1.82) is 0 Å². The van der Waals surface area contributed by atoms with Crippen LogP contribution in [0.5, 0.6) is 5.75 Å². The molecule has 0 aliphatic carbocycles. The molecule has 0 unspecified atom stereocenters. The summed E-state index contributed by atoms with van der Waals surface area (Å²) in [4.78, 5) is 41.7. The van der Waals surface area contributed by atoms with Gasteiger partial charge in [-0.1, -0.05) is 12.1 Å². The third-order valence-corrected chi connectivity index (χ3v) is 4.97. The van der Waals surface area contributed by atoms with Gasteiger partial charge in [-0.3, -0.25) is 19.0 Å². The molecule has 3 aromatic rings. The van der Waals surface area contributed by atoms with Crippen LogP contribution in [0.1, 0.15) is 48.3 Å². The summed E-state index contributed by atoms with van der Waals surface area (Å²) in [6, 6.07) is 10.3. The van der Waals surface area contributed by atoms with E-state index in [1.54, 1.807) is 57.4 Å². The Labute approximate surface area is 191 Å². The van der Waals surface area contributed by atoms with E-state index in [1.165, 1.54) is 4.57 Å². The van der Waals surface area contributed by atoms with E-state index in [4.69, 9.17) is 9.15 Å². The number of aldehydes is 1. The zero-order valence-electron chi connectivity index (χ0n) is 19.3. The summed E-state index contributed by atoms with van der Waals surface area (Å²) in [7, 11) is 1.56. The fraction of sp³-hybridized carbons (Fsp3) is 0.280. The Kier molecular flexibility index (Phi) is 7.27. The van der Waals surface area contributed by atoms with Gasteiger partial charge >= 0.3 is 0 Å². The summed E-state index contributed by atoms with van der Waals surface area (Å²) in [6.45, 7) is 7.03. The molecule has 0 aliphatic rings. The van der Waals surface area contributed by atoms with Crippen molar-refractivity contribution in [1.82, 2.24) is 14.9 Å². The predicted octanol–water partition coefficient (Wildman–Crippen LogP) is 3.72. The molecule has 0 fully saturated rings. The summed E-state index contributed by atoms with van der Waals surface area (Å²) >= 11 is 0. The standard InChI is InChI=1S/C25H27N3O5/c1-15(2)26-23(30)13-28-24(18-7-6-8-19(12-18)32-5)27-17(4)21(25(28)31)11-16(3)22-10-9-20(14-29)33-22/h6-12,14-15H,13H2,1-5H3,(H,26,30)/b16-11+. The average molecular weight is 450 g/mol. The highest BCUT2D eigenvalue weighted by atomic mass is 16.5. The third-order valence-electron chi connectivity index (χ3n) is 4.97. The van der Waals surface area contributed by atoms with Crippen molar-refractivity contribution in [3.63, 3.8) is 0 Å². The van der Waals surface area contributed by atoms with Crippen LogP contribution in [0.15, 0.2) is 45.6 Å². The van der Waals surface area contributed by atoms with Crippen LogP contribution in [0.2, 0.25) is 0 Å². The van der Waals surface area contributed by atoms with Crippen LogP contribution in [-0.2, 0) is 11.3 Å². The number of benzene rings is 1. The lowest BCUT2D eigenvalue weighted by Gasteiger charge is -2.16. The van der Waals surface area contributed by atoms with Gasteiger partial charge in [0.05, 0.1) is 18.4 Å². The van der Waals surface area contributed by atoms with Crippen LogP contribution >= 0.6 is 0 Å². The molecule has 1 amide bonds. The van der Waals surface area contributed by atoms with Crippen molar-refractivity contribution in [2.45, 2.75) is 40.3 Å². The Morgan fingerprint density at radius 1 is 1.27 bits per heavy atom. The summed E-state index contributed by atoms with van der Waals surface area (Å²) in [6.07, 6.45) is 2.27. The molecule has 0 spiro atoms. The van der Waals surface area contributed by atoms with Crippen molar-refractivity contribution in [2.75, 3.05) is 7.11 Å². The number of allylic oxidation sites excluding steroid dienone is 1. The second-order valence-electron chi connectivity index (χ2n) is 7.93. The van der Waals surface area contributed by atoms with Crippen molar-refractivity contribution >= 4 is 23.8 Å². The SMILES string of the molecule is COc1cccc(-c2nc(C)c(/C=C(\C)c3ccc(C=O)o3)c(=O)n2CC(=O)NC(C)C)c1. The van der Waals surface area contributed by atoms with E-state index in [1.807, 2.05) is 19.9 Å². The molecule has 0 saturated carbocycles. The van der Waals surface area contributed by atoms with Crippen molar-refractivity contribution in [3.05, 3.63) is 69.5 Å². The molecule has 2 heterocycles.